The van der Waals surface area contributed by atoms with Gasteiger partial charge in [0.15, 0.2) is 0 Å². The fourth-order valence-corrected chi connectivity index (χ4v) is 4.70. The number of pyridine rings is 1. The van der Waals surface area contributed by atoms with Gasteiger partial charge in [-0.05, 0) is 66.0 Å². The Hall–Kier alpha value is -5.42. The Labute approximate surface area is 226 Å². The maximum atomic E-state index is 11.1. The molecule has 0 aliphatic rings. The normalized spacial score (nSPS) is 11.2. The van der Waals surface area contributed by atoms with Gasteiger partial charge < -0.3 is 15.1 Å². The van der Waals surface area contributed by atoms with Crippen molar-refractivity contribution in [1.29, 1.82) is 0 Å². The number of hydrogen-bond donors (Lipinski definition) is 2. The van der Waals surface area contributed by atoms with E-state index >= 15 is 0 Å². The van der Waals surface area contributed by atoms with Gasteiger partial charge in [0, 0.05) is 34.1 Å². The number of aliphatic imine (C=N–C) groups is 1. The Morgan fingerprint density at radius 2 is 1.26 bits per heavy atom. The highest BCUT2D eigenvalue weighted by molar-refractivity contribution is 5.99. The molecule has 2 N–H and O–H groups in total. The van der Waals surface area contributed by atoms with E-state index in [2.05, 4.69) is 9.89 Å². The Kier molecular flexibility index (Phi) is 6.46. The van der Waals surface area contributed by atoms with Gasteiger partial charge in [0.1, 0.15) is 11.5 Å². The van der Waals surface area contributed by atoms with Crippen LogP contribution in [0.5, 0.6) is 11.5 Å². The Morgan fingerprint density at radius 3 is 1.95 bits per heavy atom. The average molecular weight is 508 g/mol. The molecular formula is C34H25N3O2. The molecule has 0 atom stereocenters. The Bertz CT molecular complexity index is 1740. The van der Waals surface area contributed by atoms with Crippen LogP contribution in [0.1, 0.15) is 5.69 Å². The summed E-state index contributed by atoms with van der Waals surface area (Å²) in [6.45, 7) is 0. The van der Waals surface area contributed by atoms with Crippen molar-refractivity contribution < 1.29 is 10.2 Å². The molecule has 6 aromatic rings. The van der Waals surface area contributed by atoms with Crippen LogP contribution < -0.4 is 4.90 Å². The first-order chi connectivity index (χ1) is 19.2. The van der Waals surface area contributed by atoms with E-state index in [1.165, 1.54) is 0 Å². The van der Waals surface area contributed by atoms with Crippen LogP contribution in [0.3, 0.4) is 0 Å². The maximum Gasteiger partial charge on any atom is 0.127 e. The molecule has 5 heteroatoms. The first-order valence-corrected chi connectivity index (χ1v) is 12.6. The number of phenols is 2. The molecule has 0 aliphatic heterocycles. The second kappa shape index (κ2) is 10.5. The third kappa shape index (κ3) is 4.93. The van der Waals surface area contributed by atoms with Crippen molar-refractivity contribution >= 4 is 39.7 Å². The molecule has 0 bridgehead atoms. The molecule has 0 spiro atoms. The number of anilines is 3. The summed E-state index contributed by atoms with van der Waals surface area (Å²) in [5.41, 5.74) is 5.37. The van der Waals surface area contributed by atoms with Gasteiger partial charge >= 0.3 is 0 Å². The standard InChI is InChI=1S/C34H25N3O2/c38-32-19-8-11-24-10-7-18-31(34(24)32)35-23-25-12-9-17-30(36-25)29-21-20-28(22-33(29)39)37(26-13-3-1-4-14-26)27-15-5-2-6-16-27/h1-23,38-39H. The van der Waals surface area contributed by atoms with Crippen LogP contribution in [-0.2, 0) is 0 Å². The van der Waals surface area contributed by atoms with Crippen molar-refractivity contribution in [3.05, 3.63) is 139 Å². The van der Waals surface area contributed by atoms with E-state index in [4.69, 9.17) is 4.98 Å². The molecule has 6 rings (SSSR count). The number of nitrogens with zero attached hydrogens (tertiary/aromatic N) is 3. The van der Waals surface area contributed by atoms with Gasteiger partial charge in [-0.2, -0.15) is 0 Å². The summed E-state index contributed by atoms with van der Waals surface area (Å²) >= 11 is 0. The zero-order valence-electron chi connectivity index (χ0n) is 21.0. The summed E-state index contributed by atoms with van der Waals surface area (Å²) in [4.78, 5) is 11.4. The van der Waals surface area contributed by atoms with Crippen molar-refractivity contribution in [2.75, 3.05) is 4.90 Å². The maximum absolute atomic E-state index is 11.1. The van der Waals surface area contributed by atoms with Crippen LogP contribution in [0.2, 0.25) is 0 Å². The molecule has 1 heterocycles. The van der Waals surface area contributed by atoms with Crippen molar-refractivity contribution in [3.63, 3.8) is 0 Å². The first-order valence-electron chi connectivity index (χ1n) is 12.6. The number of phenolic OH excluding ortho intramolecular Hbond substituents is 2. The average Bonchev–Trinajstić information content (AvgIpc) is 2.98. The molecule has 0 radical (unpaired) electrons. The summed E-state index contributed by atoms with van der Waals surface area (Å²) in [6.07, 6.45) is 1.67. The van der Waals surface area contributed by atoms with E-state index in [0.29, 0.717) is 28.0 Å². The lowest BCUT2D eigenvalue weighted by atomic mass is 10.1. The highest BCUT2D eigenvalue weighted by atomic mass is 16.3. The predicted octanol–water partition coefficient (Wildman–Crippen LogP) is 8.53. The van der Waals surface area contributed by atoms with E-state index in [0.717, 1.165) is 22.4 Å². The van der Waals surface area contributed by atoms with Crippen LogP contribution in [-0.4, -0.2) is 21.4 Å². The van der Waals surface area contributed by atoms with Gasteiger partial charge in [0.05, 0.1) is 23.3 Å². The van der Waals surface area contributed by atoms with Crippen LogP contribution in [0.4, 0.5) is 22.7 Å². The van der Waals surface area contributed by atoms with Crippen LogP contribution in [0, 0.1) is 0 Å². The van der Waals surface area contributed by atoms with Crippen molar-refractivity contribution in [3.8, 4) is 22.8 Å². The number of para-hydroxylation sites is 2. The topological polar surface area (TPSA) is 69.0 Å². The minimum absolute atomic E-state index is 0.130. The van der Waals surface area contributed by atoms with Crippen molar-refractivity contribution in [2.24, 2.45) is 4.99 Å². The van der Waals surface area contributed by atoms with Gasteiger partial charge in [-0.3, -0.25) is 4.99 Å². The smallest absolute Gasteiger partial charge is 0.127 e. The Balaban J connectivity index is 1.33. The molecule has 0 saturated carbocycles. The highest BCUT2D eigenvalue weighted by Crippen LogP contribution is 2.39. The molecule has 39 heavy (non-hydrogen) atoms. The van der Waals surface area contributed by atoms with Crippen LogP contribution >= 0.6 is 0 Å². The summed E-state index contributed by atoms with van der Waals surface area (Å²) in [6, 6.07) is 42.5. The number of benzene rings is 5. The van der Waals surface area contributed by atoms with E-state index in [1.807, 2.05) is 121 Å². The summed E-state index contributed by atoms with van der Waals surface area (Å²) in [5, 5.41) is 23.1. The second-order valence-electron chi connectivity index (χ2n) is 9.07. The lowest BCUT2D eigenvalue weighted by Gasteiger charge is -2.25. The molecule has 0 fully saturated rings. The van der Waals surface area contributed by atoms with Gasteiger partial charge in [-0.25, -0.2) is 4.98 Å². The summed E-state index contributed by atoms with van der Waals surface area (Å²) in [5.74, 6) is 0.317. The minimum atomic E-state index is 0.130. The largest absolute Gasteiger partial charge is 0.507 e. The minimum Gasteiger partial charge on any atom is -0.507 e. The predicted molar refractivity (Wildman–Crippen MR) is 159 cm³/mol. The molecule has 5 aromatic carbocycles. The summed E-state index contributed by atoms with van der Waals surface area (Å²) < 4.78 is 0. The third-order valence-corrected chi connectivity index (χ3v) is 6.51. The molecule has 188 valence electrons. The van der Waals surface area contributed by atoms with E-state index in [-0.39, 0.29) is 11.5 Å². The van der Waals surface area contributed by atoms with E-state index in [1.54, 1.807) is 18.3 Å². The fraction of sp³-hybridized carbons (Fsp3) is 0. The molecule has 0 amide bonds. The third-order valence-electron chi connectivity index (χ3n) is 6.51. The zero-order valence-corrected chi connectivity index (χ0v) is 21.0. The molecular weight excluding hydrogens is 482 g/mol. The molecule has 5 nitrogen and oxygen atoms in total. The van der Waals surface area contributed by atoms with E-state index in [9.17, 15) is 10.2 Å². The molecule has 0 saturated heterocycles. The van der Waals surface area contributed by atoms with Gasteiger partial charge in [-0.1, -0.05) is 66.7 Å². The van der Waals surface area contributed by atoms with Crippen molar-refractivity contribution in [1.82, 2.24) is 4.98 Å². The number of fused-ring (bicyclic) bond motifs is 1. The van der Waals surface area contributed by atoms with Crippen LogP contribution in [0.25, 0.3) is 22.0 Å². The second-order valence-corrected chi connectivity index (χ2v) is 9.07. The first kappa shape index (κ1) is 23.9. The lowest BCUT2D eigenvalue weighted by molar-refractivity contribution is 0.477. The fourth-order valence-electron chi connectivity index (χ4n) is 4.70. The van der Waals surface area contributed by atoms with Gasteiger partial charge in [-0.15, -0.1) is 0 Å². The Morgan fingerprint density at radius 1 is 0.590 bits per heavy atom. The number of aromatic hydroxyl groups is 2. The SMILES string of the molecule is Oc1cc(N(c2ccccc2)c2ccccc2)ccc1-c1cccc(C=Nc2cccc3cccc(O)c23)n1. The quantitative estimate of drug-likeness (QED) is 0.222. The molecule has 0 unspecified atom stereocenters. The highest BCUT2D eigenvalue weighted by Gasteiger charge is 2.15. The monoisotopic (exact) mass is 507 g/mol. The van der Waals surface area contributed by atoms with E-state index < -0.39 is 0 Å². The molecule has 0 aliphatic carbocycles. The van der Waals surface area contributed by atoms with Gasteiger partial charge in [0.2, 0.25) is 0 Å². The number of hydrogen-bond acceptors (Lipinski definition) is 5. The zero-order chi connectivity index (χ0) is 26.6. The number of rotatable bonds is 6. The van der Waals surface area contributed by atoms with Crippen LogP contribution in [0.15, 0.2) is 138 Å². The lowest BCUT2D eigenvalue weighted by Crippen LogP contribution is -2.09. The number of aromatic nitrogens is 1. The summed E-state index contributed by atoms with van der Waals surface area (Å²) in [7, 11) is 0. The van der Waals surface area contributed by atoms with Gasteiger partial charge in [0.25, 0.3) is 0 Å². The van der Waals surface area contributed by atoms with Crippen molar-refractivity contribution in [2.45, 2.75) is 0 Å². The molecule has 1 aromatic heterocycles.